The summed E-state index contributed by atoms with van der Waals surface area (Å²) in [6.45, 7) is 5.80. The number of rotatable bonds is 3. The summed E-state index contributed by atoms with van der Waals surface area (Å²) in [7, 11) is 0. The van der Waals surface area contributed by atoms with Gasteiger partial charge >= 0.3 is 0 Å². The Hall–Kier alpha value is -1.72. The molecule has 0 radical (unpaired) electrons. The third-order valence-electron chi connectivity index (χ3n) is 4.02. The topological polar surface area (TPSA) is 79.9 Å². The molecule has 2 heterocycles. The fourth-order valence-electron chi connectivity index (χ4n) is 2.62. The van der Waals surface area contributed by atoms with Crippen molar-refractivity contribution in [3.63, 3.8) is 0 Å². The number of nitrogens with one attached hydrogen (secondary N) is 1. The lowest BCUT2D eigenvalue weighted by molar-refractivity contribution is 0.0892. The molecule has 0 saturated heterocycles. The number of carbonyl (C=O) groups is 1. The van der Waals surface area contributed by atoms with Crippen molar-refractivity contribution in [1.82, 2.24) is 10.3 Å². The lowest BCUT2D eigenvalue weighted by Crippen LogP contribution is -2.39. The van der Waals surface area contributed by atoms with Crippen molar-refractivity contribution in [2.75, 3.05) is 0 Å². The van der Waals surface area contributed by atoms with Gasteiger partial charge in [-0.3, -0.25) is 4.79 Å². The molecule has 6 heteroatoms. The van der Waals surface area contributed by atoms with E-state index in [1.54, 1.807) is 0 Å². The first-order chi connectivity index (χ1) is 9.49. The van der Waals surface area contributed by atoms with E-state index < -0.39 is 0 Å². The van der Waals surface area contributed by atoms with Crippen molar-refractivity contribution in [2.24, 2.45) is 10.2 Å². The van der Waals surface area contributed by atoms with Crippen molar-refractivity contribution < 1.29 is 9.21 Å². The Morgan fingerprint density at radius 1 is 1.35 bits per heavy atom. The molecular formula is C14H20N4O2. The molecule has 0 aromatic carbocycles. The minimum absolute atomic E-state index is 0.0891. The van der Waals surface area contributed by atoms with E-state index in [0.717, 1.165) is 25.7 Å². The largest absolute Gasteiger partial charge is 0.435 e. The summed E-state index contributed by atoms with van der Waals surface area (Å²) in [6.07, 6.45) is 3.71. The quantitative estimate of drug-likeness (QED) is 0.921. The predicted molar refractivity (Wildman–Crippen MR) is 72.6 cm³/mol. The second-order valence-electron chi connectivity index (χ2n) is 6.05. The van der Waals surface area contributed by atoms with Gasteiger partial charge in [0.1, 0.15) is 0 Å². The Kier molecular flexibility index (Phi) is 3.11. The molecule has 6 nitrogen and oxygen atoms in total. The fourth-order valence-corrected chi connectivity index (χ4v) is 2.62. The zero-order chi connectivity index (χ0) is 14.3. The number of aryl methyl sites for hydroxylation is 1. The smallest absolute Gasteiger partial charge is 0.289 e. The average molecular weight is 276 g/mol. The van der Waals surface area contributed by atoms with E-state index in [9.17, 15) is 4.79 Å². The zero-order valence-electron chi connectivity index (χ0n) is 12.1. The molecule has 1 aliphatic heterocycles. The molecule has 1 aromatic heterocycles. The van der Waals surface area contributed by atoms with Crippen LogP contribution in [0.2, 0.25) is 0 Å². The Morgan fingerprint density at radius 2 is 2.00 bits per heavy atom. The highest BCUT2D eigenvalue weighted by Gasteiger charge is 2.43. The van der Waals surface area contributed by atoms with E-state index in [4.69, 9.17) is 4.42 Å². The molecule has 108 valence electrons. The molecule has 20 heavy (non-hydrogen) atoms. The maximum Gasteiger partial charge on any atom is 0.289 e. The Balaban J connectivity index is 1.61. The van der Waals surface area contributed by atoms with Crippen LogP contribution in [0.3, 0.4) is 0 Å². The summed E-state index contributed by atoms with van der Waals surface area (Å²) >= 11 is 0. The first kappa shape index (κ1) is 13.3. The number of aromatic nitrogens is 1. The average Bonchev–Trinajstić information content (AvgIpc) is 3.04. The van der Waals surface area contributed by atoms with Crippen LogP contribution in [0.25, 0.3) is 0 Å². The number of hydrogen-bond donors (Lipinski definition) is 1. The number of carbonyl (C=O) groups excluding carboxylic acids is 1. The van der Waals surface area contributed by atoms with Gasteiger partial charge in [-0.2, -0.15) is 10.2 Å². The van der Waals surface area contributed by atoms with Crippen LogP contribution in [-0.4, -0.2) is 22.6 Å². The standard InChI is InChI=1S/C14H20N4O2/c1-8(2)13-15-9(3)11(20-13)12(19)16-10-4-6-14(7-5-10)17-18-14/h8,10H,4-7H2,1-3H3,(H,16,19). The van der Waals surface area contributed by atoms with E-state index >= 15 is 0 Å². The van der Waals surface area contributed by atoms with Crippen molar-refractivity contribution in [1.29, 1.82) is 0 Å². The third kappa shape index (κ3) is 2.46. The lowest BCUT2D eigenvalue weighted by atomic mass is 9.88. The maximum absolute atomic E-state index is 12.3. The van der Waals surface area contributed by atoms with Crippen LogP contribution in [0.1, 0.15) is 67.6 Å². The SMILES string of the molecule is Cc1nc(C(C)C)oc1C(=O)NC1CCC2(CC1)N=N2. The monoisotopic (exact) mass is 276 g/mol. The Labute approximate surface area is 118 Å². The van der Waals surface area contributed by atoms with Gasteiger partial charge in [0.05, 0.1) is 5.69 Å². The van der Waals surface area contributed by atoms with E-state index in [0.29, 0.717) is 17.3 Å². The zero-order valence-corrected chi connectivity index (χ0v) is 12.1. The lowest BCUT2D eigenvalue weighted by Gasteiger charge is -2.25. The van der Waals surface area contributed by atoms with Gasteiger partial charge in [0, 0.05) is 12.0 Å². The molecule has 1 N–H and O–H groups in total. The first-order valence-electron chi connectivity index (χ1n) is 7.21. The molecule has 1 amide bonds. The fraction of sp³-hybridized carbons (Fsp3) is 0.714. The predicted octanol–water partition coefficient (Wildman–Crippen LogP) is 2.94. The minimum atomic E-state index is -0.160. The maximum atomic E-state index is 12.3. The highest BCUT2D eigenvalue weighted by molar-refractivity contribution is 5.92. The first-order valence-corrected chi connectivity index (χ1v) is 7.21. The van der Waals surface area contributed by atoms with Gasteiger partial charge in [-0.15, -0.1) is 0 Å². The van der Waals surface area contributed by atoms with Gasteiger partial charge < -0.3 is 9.73 Å². The summed E-state index contributed by atoms with van der Waals surface area (Å²) < 4.78 is 5.57. The highest BCUT2D eigenvalue weighted by atomic mass is 16.4. The van der Waals surface area contributed by atoms with Crippen LogP contribution in [0.5, 0.6) is 0 Å². The molecule has 1 spiro atoms. The molecule has 0 atom stereocenters. The van der Waals surface area contributed by atoms with Gasteiger partial charge in [0.2, 0.25) is 5.76 Å². The van der Waals surface area contributed by atoms with Gasteiger partial charge in [-0.05, 0) is 32.6 Å². The molecule has 1 saturated carbocycles. The molecule has 1 aromatic rings. The second kappa shape index (κ2) is 4.68. The number of nitrogens with zero attached hydrogens (tertiary/aromatic N) is 3. The van der Waals surface area contributed by atoms with Gasteiger partial charge in [0.15, 0.2) is 11.6 Å². The number of amides is 1. The number of hydrogen-bond acceptors (Lipinski definition) is 5. The van der Waals surface area contributed by atoms with Crippen LogP contribution in [0, 0.1) is 6.92 Å². The third-order valence-corrected chi connectivity index (χ3v) is 4.02. The van der Waals surface area contributed by atoms with Crippen LogP contribution in [0.4, 0.5) is 0 Å². The molecule has 1 aliphatic carbocycles. The molecule has 2 aliphatic rings. The summed E-state index contributed by atoms with van der Waals surface area (Å²) in [5.41, 5.74) is 0.569. The minimum Gasteiger partial charge on any atom is -0.435 e. The van der Waals surface area contributed by atoms with Crippen LogP contribution in [0.15, 0.2) is 14.6 Å². The normalized spacial score (nSPS) is 20.6. The van der Waals surface area contributed by atoms with Crippen molar-refractivity contribution in [2.45, 2.75) is 64.1 Å². The van der Waals surface area contributed by atoms with Crippen LogP contribution < -0.4 is 5.32 Å². The highest BCUT2D eigenvalue weighted by Crippen LogP contribution is 2.42. The van der Waals surface area contributed by atoms with E-state index in [1.165, 1.54) is 0 Å². The van der Waals surface area contributed by atoms with Crippen molar-refractivity contribution >= 4 is 5.91 Å². The Bertz CT molecular complexity index is 546. The summed E-state index contributed by atoms with van der Waals surface area (Å²) in [6, 6.07) is 0.186. The van der Waals surface area contributed by atoms with E-state index in [-0.39, 0.29) is 23.5 Å². The van der Waals surface area contributed by atoms with Crippen LogP contribution >= 0.6 is 0 Å². The number of oxazole rings is 1. The Morgan fingerprint density at radius 3 is 2.50 bits per heavy atom. The molecule has 0 unspecified atom stereocenters. The van der Waals surface area contributed by atoms with E-state index in [2.05, 4.69) is 20.5 Å². The van der Waals surface area contributed by atoms with Crippen molar-refractivity contribution in [3.05, 3.63) is 17.3 Å². The summed E-state index contributed by atoms with van der Waals surface area (Å²) in [5, 5.41) is 11.2. The summed E-state index contributed by atoms with van der Waals surface area (Å²) in [5.74, 6) is 0.982. The van der Waals surface area contributed by atoms with Crippen LogP contribution in [-0.2, 0) is 0 Å². The summed E-state index contributed by atoms with van der Waals surface area (Å²) in [4.78, 5) is 16.6. The molecule has 3 rings (SSSR count). The van der Waals surface area contributed by atoms with Gasteiger partial charge in [0.25, 0.3) is 5.91 Å². The second-order valence-corrected chi connectivity index (χ2v) is 6.05. The van der Waals surface area contributed by atoms with Gasteiger partial charge in [-0.1, -0.05) is 13.8 Å². The van der Waals surface area contributed by atoms with Crippen molar-refractivity contribution in [3.8, 4) is 0 Å². The van der Waals surface area contributed by atoms with Gasteiger partial charge in [-0.25, -0.2) is 4.98 Å². The molecule has 1 fully saturated rings. The van der Waals surface area contributed by atoms with E-state index in [1.807, 2.05) is 20.8 Å². The molecular weight excluding hydrogens is 256 g/mol. The molecule has 0 bridgehead atoms.